The van der Waals surface area contributed by atoms with Crippen molar-refractivity contribution in [3.63, 3.8) is 0 Å². The molecular formula is C15H21FN2O2. The molecule has 1 heterocycles. The SMILES string of the molecule is COc1ccc(F)cc1C(C)NC(=O)C1NCCC1C. The van der Waals surface area contributed by atoms with Crippen LogP contribution in [0.5, 0.6) is 5.75 Å². The quantitative estimate of drug-likeness (QED) is 0.887. The molecule has 1 aromatic carbocycles. The van der Waals surface area contributed by atoms with Gasteiger partial charge in [-0.05, 0) is 44.0 Å². The summed E-state index contributed by atoms with van der Waals surface area (Å²) in [6.07, 6.45) is 0.996. The number of carbonyl (C=O) groups is 1. The van der Waals surface area contributed by atoms with E-state index >= 15 is 0 Å². The highest BCUT2D eigenvalue weighted by Crippen LogP contribution is 2.26. The van der Waals surface area contributed by atoms with Crippen LogP contribution in [0.3, 0.4) is 0 Å². The summed E-state index contributed by atoms with van der Waals surface area (Å²) in [6.45, 7) is 4.74. The van der Waals surface area contributed by atoms with Crippen molar-refractivity contribution >= 4 is 5.91 Å². The molecule has 2 rings (SSSR count). The van der Waals surface area contributed by atoms with Gasteiger partial charge < -0.3 is 15.4 Å². The fourth-order valence-corrected chi connectivity index (χ4v) is 2.61. The van der Waals surface area contributed by atoms with Crippen molar-refractivity contribution in [2.75, 3.05) is 13.7 Å². The Balaban J connectivity index is 2.09. The Morgan fingerprint density at radius 3 is 2.90 bits per heavy atom. The second-order valence-corrected chi connectivity index (χ2v) is 5.31. The number of carbonyl (C=O) groups excluding carboxylic acids is 1. The fraction of sp³-hybridized carbons (Fsp3) is 0.533. The minimum atomic E-state index is -0.339. The summed E-state index contributed by atoms with van der Waals surface area (Å²) in [5, 5.41) is 6.11. The lowest BCUT2D eigenvalue weighted by atomic mass is 10.0. The van der Waals surface area contributed by atoms with Crippen LogP contribution in [0.15, 0.2) is 18.2 Å². The topological polar surface area (TPSA) is 50.4 Å². The lowest BCUT2D eigenvalue weighted by molar-refractivity contribution is -0.124. The molecule has 0 saturated carbocycles. The molecule has 1 saturated heterocycles. The van der Waals surface area contributed by atoms with E-state index < -0.39 is 0 Å². The van der Waals surface area contributed by atoms with E-state index in [9.17, 15) is 9.18 Å². The van der Waals surface area contributed by atoms with Gasteiger partial charge in [0.2, 0.25) is 5.91 Å². The lowest BCUT2D eigenvalue weighted by Gasteiger charge is -2.21. The molecule has 5 heteroatoms. The summed E-state index contributed by atoms with van der Waals surface area (Å²) >= 11 is 0. The maximum Gasteiger partial charge on any atom is 0.237 e. The molecule has 0 radical (unpaired) electrons. The van der Waals surface area contributed by atoms with Crippen LogP contribution in [0.2, 0.25) is 0 Å². The molecule has 1 aliphatic heterocycles. The number of halogens is 1. The standard InChI is InChI=1S/C15H21FN2O2/c1-9-6-7-17-14(9)15(19)18-10(2)12-8-11(16)4-5-13(12)20-3/h4-5,8-10,14,17H,6-7H2,1-3H3,(H,18,19). The molecule has 1 amide bonds. The molecule has 0 bridgehead atoms. The van der Waals surface area contributed by atoms with Crippen molar-refractivity contribution in [3.8, 4) is 5.75 Å². The normalized spacial score (nSPS) is 23.4. The average Bonchev–Trinajstić information content (AvgIpc) is 2.85. The van der Waals surface area contributed by atoms with Crippen LogP contribution in [0, 0.1) is 11.7 Å². The average molecular weight is 280 g/mol. The largest absolute Gasteiger partial charge is 0.496 e. The first kappa shape index (κ1) is 14.8. The van der Waals surface area contributed by atoms with Crippen LogP contribution in [-0.2, 0) is 4.79 Å². The van der Waals surface area contributed by atoms with Gasteiger partial charge in [-0.2, -0.15) is 0 Å². The minimum absolute atomic E-state index is 0.0474. The number of rotatable bonds is 4. The number of nitrogens with one attached hydrogen (secondary N) is 2. The van der Waals surface area contributed by atoms with Gasteiger partial charge >= 0.3 is 0 Å². The van der Waals surface area contributed by atoms with Gasteiger partial charge in [-0.1, -0.05) is 6.92 Å². The summed E-state index contributed by atoms with van der Waals surface area (Å²) in [4.78, 5) is 12.2. The molecule has 2 N–H and O–H groups in total. The number of hydrogen-bond donors (Lipinski definition) is 2. The van der Waals surface area contributed by atoms with Crippen LogP contribution in [-0.4, -0.2) is 25.6 Å². The summed E-state index contributed by atoms with van der Waals surface area (Å²) in [5.41, 5.74) is 0.645. The second kappa shape index (κ2) is 6.22. The molecule has 0 aliphatic carbocycles. The highest BCUT2D eigenvalue weighted by Gasteiger charge is 2.30. The van der Waals surface area contributed by atoms with Crippen LogP contribution >= 0.6 is 0 Å². The maximum atomic E-state index is 13.4. The number of hydrogen-bond acceptors (Lipinski definition) is 3. The molecule has 1 aliphatic rings. The first-order chi connectivity index (χ1) is 9.52. The number of benzene rings is 1. The summed E-state index contributed by atoms with van der Waals surface area (Å²) in [7, 11) is 1.53. The van der Waals surface area contributed by atoms with E-state index in [1.54, 1.807) is 6.07 Å². The fourth-order valence-electron chi connectivity index (χ4n) is 2.61. The Morgan fingerprint density at radius 1 is 1.55 bits per heavy atom. The summed E-state index contributed by atoms with van der Waals surface area (Å²) in [5.74, 6) is 0.506. The van der Waals surface area contributed by atoms with Crippen LogP contribution in [0.25, 0.3) is 0 Å². The zero-order valence-corrected chi connectivity index (χ0v) is 12.1. The first-order valence-electron chi connectivity index (χ1n) is 6.90. The van der Waals surface area contributed by atoms with Gasteiger partial charge in [0, 0.05) is 5.56 Å². The molecule has 4 nitrogen and oxygen atoms in total. The highest BCUT2D eigenvalue weighted by atomic mass is 19.1. The van der Waals surface area contributed by atoms with E-state index in [0.717, 1.165) is 13.0 Å². The molecule has 0 spiro atoms. The van der Waals surface area contributed by atoms with E-state index in [1.165, 1.54) is 19.2 Å². The van der Waals surface area contributed by atoms with Gasteiger partial charge in [-0.15, -0.1) is 0 Å². The molecule has 110 valence electrons. The number of methoxy groups -OCH3 is 1. The van der Waals surface area contributed by atoms with Crippen molar-refractivity contribution in [1.82, 2.24) is 10.6 Å². The summed E-state index contributed by atoms with van der Waals surface area (Å²) < 4.78 is 18.6. The Bertz CT molecular complexity index is 493. The summed E-state index contributed by atoms with van der Waals surface area (Å²) in [6, 6.07) is 3.84. The molecule has 0 aromatic heterocycles. The van der Waals surface area contributed by atoms with Gasteiger partial charge in [-0.25, -0.2) is 4.39 Å². The molecule has 3 unspecified atom stereocenters. The highest BCUT2D eigenvalue weighted by molar-refractivity contribution is 5.82. The zero-order valence-electron chi connectivity index (χ0n) is 12.1. The first-order valence-corrected chi connectivity index (χ1v) is 6.90. The van der Waals surface area contributed by atoms with Gasteiger partial charge in [0.05, 0.1) is 19.2 Å². The molecule has 20 heavy (non-hydrogen) atoms. The van der Waals surface area contributed by atoms with Crippen molar-refractivity contribution in [2.45, 2.75) is 32.4 Å². The van der Waals surface area contributed by atoms with E-state index in [1.807, 2.05) is 6.92 Å². The Kier molecular flexibility index (Phi) is 4.60. The third-order valence-corrected chi connectivity index (χ3v) is 3.83. The van der Waals surface area contributed by atoms with Gasteiger partial charge in [0.15, 0.2) is 0 Å². The van der Waals surface area contributed by atoms with E-state index in [4.69, 9.17) is 4.74 Å². The predicted molar refractivity (Wildman–Crippen MR) is 75.1 cm³/mol. The minimum Gasteiger partial charge on any atom is -0.496 e. The Morgan fingerprint density at radius 2 is 2.30 bits per heavy atom. The number of amides is 1. The van der Waals surface area contributed by atoms with E-state index in [0.29, 0.717) is 17.2 Å². The zero-order chi connectivity index (χ0) is 14.7. The molecule has 3 atom stereocenters. The predicted octanol–water partition coefficient (Wildman–Crippen LogP) is 2.01. The van der Waals surface area contributed by atoms with Crippen molar-refractivity contribution in [1.29, 1.82) is 0 Å². The van der Waals surface area contributed by atoms with Crippen LogP contribution < -0.4 is 15.4 Å². The van der Waals surface area contributed by atoms with E-state index in [2.05, 4.69) is 17.6 Å². The van der Waals surface area contributed by atoms with Crippen LogP contribution in [0.4, 0.5) is 4.39 Å². The van der Waals surface area contributed by atoms with Crippen LogP contribution in [0.1, 0.15) is 31.9 Å². The van der Waals surface area contributed by atoms with E-state index in [-0.39, 0.29) is 23.8 Å². The molecule has 1 aromatic rings. The third-order valence-electron chi connectivity index (χ3n) is 3.83. The van der Waals surface area contributed by atoms with Crippen molar-refractivity contribution < 1.29 is 13.9 Å². The number of ether oxygens (including phenoxy) is 1. The third kappa shape index (κ3) is 3.10. The second-order valence-electron chi connectivity index (χ2n) is 5.31. The smallest absolute Gasteiger partial charge is 0.237 e. The van der Waals surface area contributed by atoms with Gasteiger partial charge in [-0.3, -0.25) is 4.79 Å². The van der Waals surface area contributed by atoms with Gasteiger partial charge in [0.25, 0.3) is 0 Å². The molecular weight excluding hydrogens is 259 g/mol. The maximum absolute atomic E-state index is 13.4. The lowest BCUT2D eigenvalue weighted by Crippen LogP contribution is -2.44. The Hall–Kier alpha value is -1.62. The van der Waals surface area contributed by atoms with Crippen molar-refractivity contribution in [3.05, 3.63) is 29.6 Å². The molecule has 1 fully saturated rings. The van der Waals surface area contributed by atoms with Crippen molar-refractivity contribution in [2.24, 2.45) is 5.92 Å². The monoisotopic (exact) mass is 280 g/mol. The Labute approximate surface area is 118 Å². The van der Waals surface area contributed by atoms with Gasteiger partial charge in [0.1, 0.15) is 11.6 Å².